The molecule has 2 nitrogen and oxygen atoms in total. The zero-order chi connectivity index (χ0) is 9.66. The highest BCUT2D eigenvalue weighted by Crippen LogP contribution is 1.80. The molecule has 0 bridgehead atoms. The first kappa shape index (κ1) is 13.4. The van der Waals surface area contributed by atoms with E-state index in [4.69, 9.17) is 0 Å². The number of carbonyl (C=O) groups is 2. The molecule has 0 rings (SSSR count). The van der Waals surface area contributed by atoms with Crippen LogP contribution in [0.15, 0.2) is 24.8 Å². The fourth-order valence-electron chi connectivity index (χ4n) is 0.378. The zero-order valence-corrected chi connectivity index (χ0v) is 7.53. The zero-order valence-electron chi connectivity index (χ0n) is 7.53. The van der Waals surface area contributed by atoms with E-state index in [-0.39, 0.29) is 0 Å². The van der Waals surface area contributed by atoms with Crippen molar-refractivity contribution in [3.63, 3.8) is 0 Å². The predicted molar refractivity (Wildman–Crippen MR) is 51.0 cm³/mol. The smallest absolute Gasteiger partial charge is 0.142 e. The predicted octanol–water partition coefficient (Wildman–Crippen LogP) is 2.30. The standard InChI is InChI=1S/2C5H8O/c2*1-2-3-4-5-6/h3-5H,2H2,1H3;2,5H,1,3-4H2. The molecule has 0 amide bonds. The Bertz CT molecular complexity index is 129. The molecule has 0 aromatic rings. The van der Waals surface area contributed by atoms with Gasteiger partial charge in [0.15, 0.2) is 0 Å². The molecule has 2 heteroatoms. The summed E-state index contributed by atoms with van der Waals surface area (Å²) in [5.41, 5.74) is 0. The third-order valence-corrected chi connectivity index (χ3v) is 0.939. The third-order valence-electron chi connectivity index (χ3n) is 0.939. The number of rotatable bonds is 5. The minimum Gasteiger partial charge on any atom is -0.303 e. The van der Waals surface area contributed by atoms with E-state index >= 15 is 0 Å². The summed E-state index contributed by atoms with van der Waals surface area (Å²) in [5.74, 6) is 0. The van der Waals surface area contributed by atoms with Crippen molar-refractivity contribution in [1.29, 1.82) is 0 Å². The third kappa shape index (κ3) is 23.2. The maximum absolute atomic E-state index is 9.52. The maximum atomic E-state index is 9.52. The van der Waals surface area contributed by atoms with Gasteiger partial charge in [0.25, 0.3) is 0 Å². The summed E-state index contributed by atoms with van der Waals surface area (Å²) >= 11 is 0. The number of carbonyl (C=O) groups excluding carboxylic acids is 2. The molecular formula is C10H16O2. The van der Waals surface area contributed by atoms with Crippen LogP contribution < -0.4 is 0 Å². The van der Waals surface area contributed by atoms with Gasteiger partial charge >= 0.3 is 0 Å². The average Bonchev–Trinajstić information content (AvgIpc) is 2.12. The van der Waals surface area contributed by atoms with Crippen LogP contribution in [0.2, 0.25) is 0 Å². The molecular weight excluding hydrogens is 152 g/mol. The molecule has 0 aromatic heterocycles. The second-order valence-electron chi connectivity index (χ2n) is 2.01. The van der Waals surface area contributed by atoms with Crippen LogP contribution in [0.5, 0.6) is 0 Å². The van der Waals surface area contributed by atoms with Crippen LogP contribution in [0.4, 0.5) is 0 Å². The van der Waals surface area contributed by atoms with Gasteiger partial charge in [-0.15, -0.1) is 6.58 Å². The van der Waals surface area contributed by atoms with Crippen molar-refractivity contribution in [1.82, 2.24) is 0 Å². The van der Waals surface area contributed by atoms with Crippen LogP contribution in [0.1, 0.15) is 26.2 Å². The normalized spacial score (nSPS) is 8.42. The van der Waals surface area contributed by atoms with Crippen molar-refractivity contribution >= 4 is 12.6 Å². The van der Waals surface area contributed by atoms with Gasteiger partial charge in [0.2, 0.25) is 0 Å². The topological polar surface area (TPSA) is 34.1 Å². The van der Waals surface area contributed by atoms with Gasteiger partial charge in [-0.2, -0.15) is 0 Å². The van der Waals surface area contributed by atoms with Gasteiger partial charge in [-0.1, -0.05) is 19.1 Å². The molecule has 0 unspecified atom stereocenters. The van der Waals surface area contributed by atoms with E-state index in [2.05, 4.69) is 6.58 Å². The fourth-order valence-corrected chi connectivity index (χ4v) is 0.378. The second-order valence-corrected chi connectivity index (χ2v) is 2.01. The molecule has 68 valence electrons. The molecule has 0 saturated heterocycles. The van der Waals surface area contributed by atoms with Gasteiger partial charge in [0.1, 0.15) is 12.6 Å². The van der Waals surface area contributed by atoms with Crippen molar-refractivity contribution < 1.29 is 9.59 Å². The Balaban J connectivity index is 0. The number of hydrogen-bond acceptors (Lipinski definition) is 2. The van der Waals surface area contributed by atoms with E-state index in [1.807, 2.05) is 13.0 Å². The van der Waals surface area contributed by atoms with E-state index in [1.165, 1.54) is 6.08 Å². The summed E-state index contributed by atoms with van der Waals surface area (Å²) in [7, 11) is 0. The molecule has 0 heterocycles. The number of allylic oxidation sites excluding steroid dienone is 3. The van der Waals surface area contributed by atoms with Crippen molar-refractivity contribution in [3.8, 4) is 0 Å². The first-order valence-electron chi connectivity index (χ1n) is 3.98. The maximum Gasteiger partial charge on any atom is 0.142 e. The van der Waals surface area contributed by atoms with Crippen LogP contribution >= 0.6 is 0 Å². The van der Waals surface area contributed by atoms with Crippen molar-refractivity contribution in [2.24, 2.45) is 0 Å². The molecule has 0 fully saturated rings. The SMILES string of the molecule is C=CCCC=O.CCC=CC=O. The summed E-state index contributed by atoms with van der Waals surface area (Å²) in [5, 5.41) is 0. The van der Waals surface area contributed by atoms with E-state index < -0.39 is 0 Å². The Morgan fingerprint density at radius 3 is 2.08 bits per heavy atom. The number of unbranched alkanes of at least 4 members (excludes halogenated alkanes) is 1. The molecule has 12 heavy (non-hydrogen) atoms. The van der Waals surface area contributed by atoms with Gasteiger partial charge in [-0.3, -0.25) is 4.79 Å². The quantitative estimate of drug-likeness (QED) is 0.273. The second kappa shape index (κ2) is 16.4. The lowest BCUT2D eigenvalue weighted by Crippen LogP contribution is -1.66. The van der Waals surface area contributed by atoms with Gasteiger partial charge in [0.05, 0.1) is 0 Å². The first-order valence-corrected chi connectivity index (χ1v) is 3.98. The Kier molecular flexibility index (Phi) is 18.4. The minimum absolute atomic E-state index is 0.615. The largest absolute Gasteiger partial charge is 0.303 e. The summed E-state index contributed by atoms with van der Waals surface area (Å²) in [6.07, 6.45) is 9.08. The summed E-state index contributed by atoms with van der Waals surface area (Å²) in [6, 6.07) is 0. The van der Waals surface area contributed by atoms with Crippen LogP contribution in [0.3, 0.4) is 0 Å². The molecule has 0 aliphatic heterocycles. The van der Waals surface area contributed by atoms with Crippen LogP contribution in [0, 0.1) is 0 Å². The van der Waals surface area contributed by atoms with Gasteiger partial charge in [-0.05, 0) is 18.9 Å². The molecule has 0 aliphatic rings. The highest BCUT2D eigenvalue weighted by Gasteiger charge is 1.70. The lowest BCUT2D eigenvalue weighted by Gasteiger charge is -1.72. The molecule has 0 N–H and O–H groups in total. The van der Waals surface area contributed by atoms with Crippen LogP contribution in [0.25, 0.3) is 0 Å². The van der Waals surface area contributed by atoms with Gasteiger partial charge < -0.3 is 4.79 Å². The Morgan fingerprint density at radius 1 is 1.25 bits per heavy atom. The van der Waals surface area contributed by atoms with Crippen molar-refractivity contribution in [2.75, 3.05) is 0 Å². The van der Waals surface area contributed by atoms with E-state index in [1.54, 1.807) is 6.08 Å². The highest BCUT2D eigenvalue weighted by molar-refractivity contribution is 5.64. The number of aldehydes is 2. The van der Waals surface area contributed by atoms with Crippen molar-refractivity contribution in [3.05, 3.63) is 24.8 Å². The van der Waals surface area contributed by atoms with Crippen molar-refractivity contribution in [2.45, 2.75) is 26.2 Å². The molecule has 0 spiro atoms. The van der Waals surface area contributed by atoms with Gasteiger partial charge in [-0.25, -0.2) is 0 Å². The Morgan fingerprint density at radius 2 is 1.92 bits per heavy atom. The summed E-state index contributed by atoms with van der Waals surface area (Å²) < 4.78 is 0. The molecule has 0 aromatic carbocycles. The lowest BCUT2D eigenvalue weighted by atomic mass is 10.3. The first-order chi connectivity index (χ1) is 5.83. The molecule has 0 saturated carbocycles. The Labute approximate surface area is 74.0 Å². The van der Waals surface area contributed by atoms with Crippen LogP contribution in [-0.2, 0) is 9.59 Å². The molecule has 0 atom stereocenters. The molecule has 0 aliphatic carbocycles. The van der Waals surface area contributed by atoms with E-state index in [9.17, 15) is 9.59 Å². The van der Waals surface area contributed by atoms with Crippen LogP contribution in [-0.4, -0.2) is 12.6 Å². The fraction of sp³-hybridized carbons (Fsp3) is 0.400. The number of hydrogen-bond donors (Lipinski definition) is 0. The van der Waals surface area contributed by atoms with Gasteiger partial charge in [0, 0.05) is 6.42 Å². The van der Waals surface area contributed by atoms with E-state index in [0.717, 1.165) is 25.4 Å². The lowest BCUT2D eigenvalue weighted by molar-refractivity contribution is -0.107. The average molecular weight is 168 g/mol. The monoisotopic (exact) mass is 168 g/mol. The molecule has 0 radical (unpaired) electrons. The van der Waals surface area contributed by atoms with E-state index in [0.29, 0.717) is 6.42 Å². The highest BCUT2D eigenvalue weighted by atomic mass is 16.1. The minimum atomic E-state index is 0.615. The Hall–Kier alpha value is -1.18. The summed E-state index contributed by atoms with van der Waals surface area (Å²) in [4.78, 5) is 19.0. The summed E-state index contributed by atoms with van der Waals surface area (Å²) in [6.45, 7) is 5.43.